The molecule has 0 saturated heterocycles. The maximum Gasteiger partial charge on any atom is 0.453 e. The summed E-state index contributed by atoms with van der Waals surface area (Å²) in [4.78, 5) is 18.4. The van der Waals surface area contributed by atoms with Gasteiger partial charge >= 0.3 is 12.1 Å². The van der Waals surface area contributed by atoms with E-state index in [-0.39, 0.29) is 24.0 Å². The van der Waals surface area contributed by atoms with Crippen molar-refractivity contribution in [1.29, 1.82) is 0 Å². The molecule has 0 spiro atoms. The summed E-state index contributed by atoms with van der Waals surface area (Å²) in [5.41, 5.74) is 0.497. The van der Waals surface area contributed by atoms with Crippen LogP contribution >= 0.6 is 0 Å². The molecule has 1 N–H and O–H groups in total. The molecule has 1 aliphatic heterocycles. The molecule has 1 aliphatic rings. The number of alkyl halides is 5. The molecule has 104 valence electrons. The van der Waals surface area contributed by atoms with Crippen LogP contribution in [-0.4, -0.2) is 28.0 Å². The number of halogens is 5. The molecule has 1 amide bonds. The van der Waals surface area contributed by atoms with Gasteiger partial charge in [-0.15, -0.1) is 0 Å². The van der Waals surface area contributed by atoms with Crippen LogP contribution in [0.5, 0.6) is 0 Å². The van der Waals surface area contributed by atoms with Crippen molar-refractivity contribution in [2.24, 2.45) is 0 Å². The molecule has 1 aromatic heterocycles. The summed E-state index contributed by atoms with van der Waals surface area (Å²) in [6, 6.07) is 0. The first-order valence-electron chi connectivity index (χ1n) is 5.28. The fourth-order valence-corrected chi connectivity index (χ4v) is 1.56. The smallest absolute Gasteiger partial charge is 0.310 e. The summed E-state index contributed by atoms with van der Waals surface area (Å²) >= 11 is 0. The van der Waals surface area contributed by atoms with E-state index in [4.69, 9.17) is 0 Å². The second kappa shape index (κ2) is 4.39. The van der Waals surface area contributed by atoms with Gasteiger partial charge in [-0.2, -0.15) is 22.0 Å². The maximum atomic E-state index is 12.7. The van der Waals surface area contributed by atoms with E-state index in [1.54, 1.807) is 0 Å². The van der Waals surface area contributed by atoms with Crippen molar-refractivity contribution in [2.75, 3.05) is 5.32 Å². The van der Waals surface area contributed by atoms with Gasteiger partial charge in [0.15, 0.2) is 0 Å². The SMILES string of the molecule is O=C1Cc2cnc(CCC(F)(F)C(F)(F)F)nc2N1. The number of nitrogens with zero attached hydrogens (tertiary/aromatic N) is 2. The van der Waals surface area contributed by atoms with Crippen LogP contribution in [0.2, 0.25) is 0 Å². The zero-order valence-electron chi connectivity index (χ0n) is 9.39. The van der Waals surface area contributed by atoms with Gasteiger partial charge in [0.25, 0.3) is 0 Å². The van der Waals surface area contributed by atoms with Crippen LogP contribution in [0, 0.1) is 0 Å². The second-order valence-electron chi connectivity index (χ2n) is 4.09. The van der Waals surface area contributed by atoms with E-state index < -0.39 is 24.9 Å². The normalized spacial score (nSPS) is 15.3. The number of carbonyl (C=O) groups excluding carboxylic acids is 1. The van der Waals surface area contributed by atoms with E-state index in [0.717, 1.165) is 0 Å². The highest BCUT2D eigenvalue weighted by Crippen LogP contribution is 2.38. The number of aromatic nitrogens is 2. The zero-order chi connectivity index (χ0) is 14.3. The molecule has 0 bridgehead atoms. The van der Waals surface area contributed by atoms with E-state index in [2.05, 4.69) is 15.3 Å². The van der Waals surface area contributed by atoms with Gasteiger partial charge in [-0.05, 0) is 0 Å². The molecule has 0 radical (unpaired) electrons. The van der Waals surface area contributed by atoms with Crippen LogP contribution in [0.15, 0.2) is 6.20 Å². The predicted octanol–water partition coefficient (Wildman–Crippen LogP) is 2.10. The molecule has 0 atom stereocenters. The Morgan fingerprint density at radius 2 is 1.95 bits per heavy atom. The summed E-state index contributed by atoms with van der Waals surface area (Å²) in [7, 11) is 0. The number of rotatable bonds is 3. The maximum absolute atomic E-state index is 12.7. The van der Waals surface area contributed by atoms with E-state index in [0.29, 0.717) is 5.56 Å². The standard InChI is InChI=1S/C10H8F5N3O/c11-9(12,10(13,14)15)2-1-6-16-4-5-3-7(19)18-8(5)17-6/h4H,1-3H2,(H,16,17,18,19). The Morgan fingerprint density at radius 3 is 2.58 bits per heavy atom. The van der Waals surface area contributed by atoms with Gasteiger partial charge < -0.3 is 5.32 Å². The third-order valence-corrected chi connectivity index (χ3v) is 2.60. The molecule has 0 aromatic carbocycles. The number of anilines is 1. The lowest BCUT2D eigenvalue weighted by Gasteiger charge is -2.18. The molecule has 1 aromatic rings. The Balaban J connectivity index is 2.06. The van der Waals surface area contributed by atoms with Crippen LogP contribution in [0.3, 0.4) is 0 Å². The van der Waals surface area contributed by atoms with E-state index in [9.17, 15) is 26.7 Å². The van der Waals surface area contributed by atoms with Gasteiger partial charge in [0.1, 0.15) is 11.6 Å². The van der Waals surface area contributed by atoms with Gasteiger partial charge in [-0.3, -0.25) is 4.79 Å². The van der Waals surface area contributed by atoms with Crippen LogP contribution in [0.4, 0.5) is 27.8 Å². The quantitative estimate of drug-likeness (QED) is 0.863. The Bertz CT molecular complexity index is 514. The summed E-state index contributed by atoms with van der Waals surface area (Å²) in [5, 5.41) is 2.37. The molecule has 2 rings (SSSR count). The van der Waals surface area contributed by atoms with Crippen molar-refractivity contribution in [1.82, 2.24) is 9.97 Å². The molecule has 0 saturated carbocycles. The molecule has 0 fully saturated rings. The fraction of sp³-hybridized carbons (Fsp3) is 0.500. The lowest BCUT2D eigenvalue weighted by atomic mass is 10.1. The molecule has 9 heteroatoms. The molecule has 4 nitrogen and oxygen atoms in total. The number of carbonyl (C=O) groups is 1. The zero-order valence-corrected chi connectivity index (χ0v) is 9.39. The molecule has 0 aliphatic carbocycles. The highest BCUT2D eigenvalue weighted by molar-refractivity contribution is 5.97. The monoisotopic (exact) mass is 281 g/mol. The lowest BCUT2D eigenvalue weighted by Crippen LogP contribution is -2.36. The van der Waals surface area contributed by atoms with E-state index >= 15 is 0 Å². The Labute approximate surface area is 104 Å². The van der Waals surface area contributed by atoms with Crippen molar-refractivity contribution in [3.63, 3.8) is 0 Å². The Hall–Kier alpha value is -1.80. The fourth-order valence-electron chi connectivity index (χ4n) is 1.56. The third kappa shape index (κ3) is 2.79. The van der Waals surface area contributed by atoms with E-state index in [1.165, 1.54) is 6.20 Å². The molecular formula is C10H8F5N3O. The summed E-state index contributed by atoms with van der Waals surface area (Å²) < 4.78 is 61.3. The predicted molar refractivity (Wildman–Crippen MR) is 53.7 cm³/mol. The van der Waals surface area contributed by atoms with Gasteiger partial charge in [-0.25, -0.2) is 9.97 Å². The Morgan fingerprint density at radius 1 is 1.26 bits per heavy atom. The van der Waals surface area contributed by atoms with Crippen LogP contribution in [0.1, 0.15) is 17.8 Å². The third-order valence-electron chi connectivity index (χ3n) is 2.60. The topological polar surface area (TPSA) is 54.9 Å². The molecule has 2 heterocycles. The number of aryl methyl sites for hydroxylation is 1. The minimum atomic E-state index is -5.59. The van der Waals surface area contributed by atoms with Crippen molar-refractivity contribution in [3.8, 4) is 0 Å². The Kier molecular flexibility index (Phi) is 3.15. The van der Waals surface area contributed by atoms with Gasteiger partial charge in [0, 0.05) is 24.6 Å². The molecule has 0 unspecified atom stereocenters. The number of hydrogen-bond donors (Lipinski definition) is 1. The van der Waals surface area contributed by atoms with Gasteiger partial charge in [-0.1, -0.05) is 0 Å². The largest absolute Gasteiger partial charge is 0.453 e. The summed E-state index contributed by atoms with van der Waals surface area (Å²) in [6.45, 7) is 0. The van der Waals surface area contributed by atoms with Gasteiger partial charge in [0.05, 0.1) is 6.42 Å². The van der Waals surface area contributed by atoms with Crippen LogP contribution in [0.25, 0.3) is 0 Å². The van der Waals surface area contributed by atoms with Gasteiger partial charge in [0.2, 0.25) is 5.91 Å². The van der Waals surface area contributed by atoms with Crippen molar-refractivity contribution in [3.05, 3.63) is 17.6 Å². The number of fused-ring (bicyclic) bond motifs is 1. The minimum absolute atomic E-state index is 0.0777. The van der Waals surface area contributed by atoms with Crippen LogP contribution < -0.4 is 5.32 Å². The summed E-state index contributed by atoms with van der Waals surface area (Å²) in [6.07, 6.45) is -6.31. The molecule has 19 heavy (non-hydrogen) atoms. The number of amides is 1. The first kappa shape index (κ1) is 13.6. The summed E-state index contributed by atoms with van der Waals surface area (Å²) in [5.74, 6) is -5.09. The second-order valence-corrected chi connectivity index (χ2v) is 4.09. The first-order chi connectivity index (χ1) is 8.69. The highest BCUT2D eigenvalue weighted by Gasteiger charge is 2.56. The lowest BCUT2D eigenvalue weighted by molar-refractivity contribution is -0.284. The average Bonchev–Trinajstić information content (AvgIpc) is 2.64. The highest BCUT2D eigenvalue weighted by atomic mass is 19.4. The van der Waals surface area contributed by atoms with Crippen LogP contribution in [-0.2, 0) is 17.6 Å². The first-order valence-corrected chi connectivity index (χ1v) is 5.28. The molecular weight excluding hydrogens is 273 g/mol. The van der Waals surface area contributed by atoms with Crippen molar-refractivity contribution < 1.29 is 26.7 Å². The average molecular weight is 281 g/mol. The number of hydrogen-bond acceptors (Lipinski definition) is 3. The number of nitrogens with one attached hydrogen (secondary N) is 1. The van der Waals surface area contributed by atoms with E-state index in [1.807, 2.05) is 0 Å². The van der Waals surface area contributed by atoms with Crippen molar-refractivity contribution in [2.45, 2.75) is 31.4 Å². The minimum Gasteiger partial charge on any atom is -0.310 e. The van der Waals surface area contributed by atoms with Crippen molar-refractivity contribution >= 4 is 11.7 Å².